The van der Waals surface area contributed by atoms with Crippen molar-refractivity contribution in [3.05, 3.63) is 83.0 Å². The van der Waals surface area contributed by atoms with E-state index in [2.05, 4.69) is 6.58 Å². The zero-order valence-electron chi connectivity index (χ0n) is 15.8. The molecule has 0 amide bonds. The Balaban J connectivity index is 2.11. The predicted molar refractivity (Wildman–Crippen MR) is 99.9 cm³/mol. The number of alkyl halides is 2. The van der Waals surface area contributed by atoms with Crippen LogP contribution in [0.2, 0.25) is 0 Å². The van der Waals surface area contributed by atoms with Crippen LogP contribution in [0.4, 0.5) is 26.3 Å². The molecule has 2 aromatic carbocycles. The molecule has 0 aliphatic carbocycles. The molecule has 0 spiro atoms. The van der Waals surface area contributed by atoms with Gasteiger partial charge >= 0.3 is 0 Å². The Morgan fingerprint density at radius 3 is 2.34 bits per heavy atom. The molecule has 0 bridgehead atoms. The highest BCUT2D eigenvalue weighted by molar-refractivity contribution is 5.51. The average molecular weight is 414 g/mol. The molecule has 2 rings (SSSR count). The first kappa shape index (κ1) is 22.6. The van der Waals surface area contributed by atoms with Gasteiger partial charge in [0.25, 0.3) is 5.92 Å². The maximum absolute atomic E-state index is 14.3. The van der Waals surface area contributed by atoms with Gasteiger partial charge in [0, 0.05) is 5.56 Å². The Bertz CT molecular complexity index is 905. The second-order valence-corrected chi connectivity index (χ2v) is 6.31. The quantitative estimate of drug-likeness (QED) is 0.319. The fourth-order valence-electron chi connectivity index (χ4n) is 2.71. The van der Waals surface area contributed by atoms with Crippen LogP contribution in [0.3, 0.4) is 0 Å². The lowest BCUT2D eigenvalue weighted by atomic mass is 10.0. The third kappa shape index (κ3) is 5.22. The number of rotatable bonds is 9. The van der Waals surface area contributed by atoms with E-state index >= 15 is 0 Å². The summed E-state index contributed by atoms with van der Waals surface area (Å²) >= 11 is 0. The Morgan fingerprint density at radius 2 is 1.69 bits per heavy atom. The van der Waals surface area contributed by atoms with Crippen molar-refractivity contribution >= 4 is 6.08 Å². The topological polar surface area (TPSA) is 9.23 Å². The SMILES string of the molecule is C=CCCc1ccc(OCCC(F)(F)c2ccc(C=CC)c(F)c2F)c(F)c1F. The Labute approximate surface area is 165 Å². The number of halogens is 6. The van der Waals surface area contributed by atoms with Crippen LogP contribution in [-0.2, 0) is 12.3 Å². The number of hydrogen-bond acceptors (Lipinski definition) is 1. The number of aryl methyl sites for hydroxylation is 1. The molecule has 0 radical (unpaired) electrons. The Hall–Kier alpha value is -2.70. The van der Waals surface area contributed by atoms with Gasteiger partial charge in [-0.05, 0) is 37.5 Å². The molecule has 29 heavy (non-hydrogen) atoms. The first-order chi connectivity index (χ1) is 13.7. The number of hydrogen-bond donors (Lipinski definition) is 0. The van der Waals surface area contributed by atoms with Crippen LogP contribution in [0, 0.1) is 23.3 Å². The minimum Gasteiger partial charge on any atom is -0.490 e. The fourth-order valence-corrected chi connectivity index (χ4v) is 2.71. The lowest BCUT2D eigenvalue weighted by Gasteiger charge is -2.19. The molecule has 0 saturated heterocycles. The van der Waals surface area contributed by atoms with Crippen molar-refractivity contribution in [2.45, 2.75) is 32.1 Å². The molecule has 0 aromatic heterocycles. The van der Waals surface area contributed by atoms with E-state index in [0.717, 1.165) is 18.2 Å². The van der Waals surface area contributed by atoms with Crippen molar-refractivity contribution in [1.29, 1.82) is 0 Å². The summed E-state index contributed by atoms with van der Waals surface area (Å²) in [5, 5.41) is 0. The molecule has 0 fully saturated rings. The third-order valence-electron chi connectivity index (χ3n) is 4.27. The van der Waals surface area contributed by atoms with Crippen LogP contribution in [0.1, 0.15) is 36.5 Å². The third-order valence-corrected chi connectivity index (χ3v) is 4.27. The summed E-state index contributed by atoms with van der Waals surface area (Å²) in [6, 6.07) is 4.27. The van der Waals surface area contributed by atoms with E-state index in [0.29, 0.717) is 6.42 Å². The molecule has 0 unspecified atom stereocenters. The van der Waals surface area contributed by atoms with Gasteiger partial charge in [-0.25, -0.2) is 22.0 Å². The molecule has 0 atom stereocenters. The van der Waals surface area contributed by atoms with E-state index in [1.54, 1.807) is 13.0 Å². The summed E-state index contributed by atoms with van der Waals surface area (Å²) in [6.07, 6.45) is 3.87. The summed E-state index contributed by atoms with van der Waals surface area (Å²) in [4.78, 5) is 0. The van der Waals surface area contributed by atoms with E-state index in [-0.39, 0.29) is 17.5 Å². The molecule has 0 heterocycles. The van der Waals surface area contributed by atoms with Gasteiger partial charge in [0.2, 0.25) is 5.82 Å². The predicted octanol–water partition coefficient (Wildman–Crippen LogP) is 6.96. The van der Waals surface area contributed by atoms with Crippen molar-refractivity contribution in [2.75, 3.05) is 6.61 Å². The van der Waals surface area contributed by atoms with Crippen molar-refractivity contribution in [1.82, 2.24) is 0 Å². The number of allylic oxidation sites excluding steroid dienone is 2. The zero-order valence-corrected chi connectivity index (χ0v) is 15.8. The van der Waals surface area contributed by atoms with Crippen molar-refractivity contribution in [3.8, 4) is 5.75 Å². The van der Waals surface area contributed by atoms with Crippen LogP contribution in [0.15, 0.2) is 43.0 Å². The van der Waals surface area contributed by atoms with Gasteiger partial charge in [0.05, 0.1) is 18.6 Å². The standard InChI is InChI=1S/C22H20F6O/c1-3-5-7-15-9-11-17(21(26)19(15)24)29-13-12-22(27,28)16-10-8-14(6-4-2)18(23)20(16)25/h3-4,6,8-11H,1,5,7,12-13H2,2H3. The van der Waals surface area contributed by atoms with E-state index in [1.807, 2.05) is 0 Å². The van der Waals surface area contributed by atoms with E-state index in [9.17, 15) is 26.3 Å². The molecule has 0 saturated carbocycles. The van der Waals surface area contributed by atoms with Gasteiger partial charge in [-0.3, -0.25) is 0 Å². The zero-order chi connectivity index (χ0) is 21.6. The monoisotopic (exact) mass is 414 g/mol. The minimum atomic E-state index is -3.77. The summed E-state index contributed by atoms with van der Waals surface area (Å²) in [7, 11) is 0. The second kappa shape index (κ2) is 9.67. The largest absolute Gasteiger partial charge is 0.490 e. The van der Waals surface area contributed by atoms with Crippen LogP contribution in [0.5, 0.6) is 5.75 Å². The van der Waals surface area contributed by atoms with Crippen LogP contribution >= 0.6 is 0 Å². The molecule has 2 aromatic rings. The first-order valence-corrected chi connectivity index (χ1v) is 8.92. The molecule has 156 valence electrons. The van der Waals surface area contributed by atoms with Crippen LogP contribution in [-0.4, -0.2) is 6.61 Å². The smallest absolute Gasteiger partial charge is 0.279 e. The summed E-state index contributed by atoms with van der Waals surface area (Å²) in [5.74, 6) is -9.75. The van der Waals surface area contributed by atoms with E-state index in [1.165, 1.54) is 18.2 Å². The Kier molecular flexibility index (Phi) is 7.53. The summed E-state index contributed by atoms with van der Waals surface area (Å²) in [5.41, 5.74) is -1.17. The van der Waals surface area contributed by atoms with Gasteiger partial charge in [-0.2, -0.15) is 4.39 Å². The maximum atomic E-state index is 14.3. The van der Waals surface area contributed by atoms with Crippen molar-refractivity contribution in [3.63, 3.8) is 0 Å². The molecule has 0 N–H and O–H groups in total. The Morgan fingerprint density at radius 1 is 0.966 bits per heavy atom. The number of ether oxygens (including phenoxy) is 1. The molecule has 0 aliphatic heterocycles. The normalized spacial score (nSPS) is 11.8. The molecular weight excluding hydrogens is 394 g/mol. The van der Waals surface area contributed by atoms with Gasteiger partial charge in [0.15, 0.2) is 23.2 Å². The summed E-state index contributed by atoms with van der Waals surface area (Å²) in [6.45, 7) is 4.34. The first-order valence-electron chi connectivity index (χ1n) is 8.92. The molecule has 1 nitrogen and oxygen atoms in total. The van der Waals surface area contributed by atoms with E-state index in [4.69, 9.17) is 4.74 Å². The van der Waals surface area contributed by atoms with Crippen molar-refractivity contribution < 1.29 is 31.1 Å². The maximum Gasteiger partial charge on any atom is 0.279 e. The highest BCUT2D eigenvalue weighted by Crippen LogP contribution is 2.35. The highest BCUT2D eigenvalue weighted by Gasteiger charge is 2.36. The van der Waals surface area contributed by atoms with Gasteiger partial charge in [-0.15, -0.1) is 6.58 Å². The van der Waals surface area contributed by atoms with E-state index < -0.39 is 53.5 Å². The van der Waals surface area contributed by atoms with Gasteiger partial charge in [0.1, 0.15) is 0 Å². The minimum absolute atomic E-state index is 0.110. The summed E-state index contributed by atoms with van der Waals surface area (Å²) < 4.78 is 89.5. The highest BCUT2D eigenvalue weighted by atomic mass is 19.3. The fraction of sp³-hybridized carbons (Fsp3) is 0.273. The van der Waals surface area contributed by atoms with Crippen LogP contribution in [0.25, 0.3) is 6.08 Å². The second-order valence-electron chi connectivity index (χ2n) is 6.31. The van der Waals surface area contributed by atoms with Gasteiger partial charge < -0.3 is 4.74 Å². The van der Waals surface area contributed by atoms with Crippen LogP contribution < -0.4 is 4.74 Å². The molecule has 7 heteroatoms. The lowest BCUT2D eigenvalue weighted by molar-refractivity contribution is -0.0282. The average Bonchev–Trinajstić information content (AvgIpc) is 2.68. The number of benzene rings is 2. The molecular formula is C22H20F6O. The van der Waals surface area contributed by atoms with Crippen molar-refractivity contribution in [2.24, 2.45) is 0 Å². The lowest BCUT2D eigenvalue weighted by Crippen LogP contribution is -2.20. The molecule has 0 aliphatic rings. The van der Waals surface area contributed by atoms with Gasteiger partial charge in [-0.1, -0.05) is 30.4 Å².